The number of rotatable bonds is 4. The zero-order valence-electron chi connectivity index (χ0n) is 16.3. The van der Waals surface area contributed by atoms with Crippen LogP contribution in [0.3, 0.4) is 0 Å². The first kappa shape index (κ1) is 20.5. The first-order valence-electron chi connectivity index (χ1n) is 9.02. The second kappa shape index (κ2) is 8.00. The molecule has 0 fully saturated rings. The molecule has 152 valence electrons. The molecule has 29 heavy (non-hydrogen) atoms. The van der Waals surface area contributed by atoms with E-state index in [9.17, 15) is 18.7 Å². The monoisotopic (exact) mass is 400 g/mol. The van der Waals surface area contributed by atoms with Crippen molar-refractivity contribution in [3.8, 4) is 5.69 Å². The van der Waals surface area contributed by atoms with Crippen LogP contribution in [0, 0.1) is 11.6 Å². The lowest BCUT2D eigenvalue weighted by Crippen LogP contribution is -2.22. The maximum atomic E-state index is 13.8. The molecule has 1 aromatic heterocycles. The number of carbonyl (C=O) groups is 1. The minimum atomic E-state index is -1.13. The molecule has 0 unspecified atom stereocenters. The summed E-state index contributed by atoms with van der Waals surface area (Å²) < 4.78 is 28.7. The second-order valence-corrected chi connectivity index (χ2v) is 7.58. The third kappa shape index (κ3) is 4.60. The van der Waals surface area contributed by atoms with Gasteiger partial charge in [-0.1, -0.05) is 39.0 Å². The zero-order chi connectivity index (χ0) is 21.2. The minimum Gasteiger partial charge on any atom is -0.392 e. The number of halogens is 2. The quantitative estimate of drug-likeness (QED) is 0.600. The van der Waals surface area contributed by atoms with Gasteiger partial charge in [0.15, 0.2) is 11.6 Å². The van der Waals surface area contributed by atoms with Crippen LogP contribution in [-0.2, 0) is 12.0 Å². The predicted molar refractivity (Wildman–Crippen MR) is 107 cm³/mol. The Hall–Kier alpha value is -3.26. The highest BCUT2D eigenvalue weighted by Gasteiger charge is 2.22. The van der Waals surface area contributed by atoms with E-state index in [1.807, 2.05) is 20.8 Å². The molecule has 0 aliphatic heterocycles. The van der Waals surface area contributed by atoms with Crippen LogP contribution in [0.5, 0.6) is 0 Å². The summed E-state index contributed by atoms with van der Waals surface area (Å²) in [5.74, 6) is -1.82. The van der Waals surface area contributed by atoms with Crippen molar-refractivity contribution in [2.75, 3.05) is 10.6 Å². The fourth-order valence-electron chi connectivity index (χ4n) is 2.65. The van der Waals surface area contributed by atoms with Crippen molar-refractivity contribution >= 4 is 17.5 Å². The smallest absolute Gasteiger partial charge is 0.324 e. The number of aromatic nitrogens is 2. The first-order chi connectivity index (χ1) is 13.7. The molecule has 0 radical (unpaired) electrons. The Bertz CT molecular complexity index is 1020. The second-order valence-electron chi connectivity index (χ2n) is 7.58. The molecule has 3 aromatic rings. The Balaban J connectivity index is 1.91. The van der Waals surface area contributed by atoms with Crippen LogP contribution in [0.2, 0.25) is 0 Å². The van der Waals surface area contributed by atoms with E-state index in [0.29, 0.717) is 11.5 Å². The van der Waals surface area contributed by atoms with Crippen molar-refractivity contribution in [2.45, 2.75) is 32.8 Å². The number of carbonyl (C=O) groups excluding carboxylic acids is 1. The Labute approximate surface area is 167 Å². The number of aliphatic hydroxyl groups excluding tert-OH is 1. The van der Waals surface area contributed by atoms with Gasteiger partial charge in [0.2, 0.25) is 0 Å². The van der Waals surface area contributed by atoms with Crippen LogP contribution in [0.25, 0.3) is 5.69 Å². The molecule has 3 rings (SSSR count). The molecule has 2 amide bonds. The number of amides is 2. The Morgan fingerprint density at radius 3 is 2.41 bits per heavy atom. The third-order valence-corrected chi connectivity index (χ3v) is 4.28. The van der Waals surface area contributed by atoms with E-state index in [4.69, 9.17) is 0 Å². The van der Waals surface area contributed by atoms with Gasteiger partial charge in [0.25, 0.3) is 0 Å². The lowest BCUT2D eigenvalue weighted by atomic mass is 9.92. The van der Waals surface area contributed by atoms with Crippen LogP contribution >= 0.6 is 0 Å². The fraction of sp³-hybridized carbons (Fsp3) is 0.238. The van der Waals surface area contributed by atoms with Crippen LogP contribution in [0.4, 0.5) is 25.1 Å². The van der Waals surface area contributed by atoms with Crippen LogP contribution in [-0.4, -0.2) is 20.9 Å². The largest absolute Gasteiger partial charge is 0.392 e. The molecule has 6 nitrogen and oxygen atoms in total. The van der Waals surface area contributed by atoms with Crippen LogP contribution < -0.4 is 10.6 Å². The van der Waals surface area contributed by atoms with Gasteiger partial charge >= 0.3 is 6.03 Å². The topological polar surface area (TPSA) is 79.2 Å². The molecular formula is C21H22F2N4O2. The number of nitrogens with zero attached hydrogens (tertiary/aromatic N) is 2. The molecule has 3 N–H and O–H groups in total. The molecule has 8 heteroatoms. The van der Waals surface area contributed by atoms with Gasteiger partial charge in [-0.05, 0) is 29.8 Å². The maximum absolute atomic E-state index is 13.8. The molecule has 0 aliphatic carbocycles. The van der Waals surface area contributed by atoms with Crippen molar-refractivity contribution < 1.29 is 18.7 Å². The molecule has 0 aliphatic rings. The van der Waals surface area contributed by atoms with Crippen molar-refractivity contribution in [1.29, 1.82) is 0 Å². The number of urea groups is 1. The van der Waals surface area contributed by atoms with Gasteiger partial charge in [-0.3, -0.25) is 5.32 Å². The minimum absolute atomic E-state index is 0.0840. The van der Waals surface area contributed by atoms with E-state index in [1.54, 1.807) is 35.0 Å². The molecule has 0 atom stereocenters. The molecular weight excluding hydrogens is 378 g/mol. The zero-order valence-corrected chi connectivity index (χ0v) is 16.3. The van der Waals surface area contributed by atoms with Crippen LogP contribution in [0.15, 0.2) is 48.5 Å². The Morgan fingerprint density at radius 2 is 1.79 bits per heavy atom. The van der Waals surface area contributed by atoms with E-state index in [1.165, 1.54) is 12.1 Å². The predicted octanol–water partition coefficient (Wildman–Crippen LogP) is 4.58. The number of hydrogen-bond donors (Lipinski definition) is 3. The summed E-state index contributed by atoms with van der Waals surface area (Å²) in [5, 5.41) is 18.7. The summed E-state index contributed by atoms with van der Waals surface area (Å²) in [4.78, 5) is 12.4. The van der Waals surface area contributed by atoms with Crippen molar-refractivity contribution in [3.63, 3.8) is 0 Å². The first-order valence-corrected chi connectivity index (χ1v) is 9.02. The molecule has 0 spiro atoms. The average molecular weight is 400 g/mol. The van der Waals surface area contributed by atoms with E-state index in [2.05, 4.69) is 15.7 Å². The Morgan fingerprint density at radius 1 is 1.10 bits per heavy atom. The summed E-state index contributed by atoms with van der Waals surface area (Å²) >= 11 is 0. The van der Waals surface area contributed by atoms with E-state index in [0.717, 1.165) is 17.3 Å². The van der Waals surface area contributed by atoms with Crippen molar-refractivity contribution in [1.82, 2.24) is 9.78 Å². The van der Waals surface area contributed by atoms with Gasteiger partial charge in [0, 0.05) is 11.5 Å². The Kier molecular flexibility index (Phi) is 5.65. The summed E-state index contributed by atoms with van der Waals surface area (Å²) in [5.41, 5.74) is 1.60. The highest BCUT2D eigenvalue weighted by molar-refractivity contribution is 5.99. The van der Waals surface area contributed by atoms with E-state index in [-0.39, 0.29) is 17.7 Å². The third-order valence-electron chi connectivity index (χ3n) is 4.28. The normalized spacial score (nSPS) is 11.4. The molecule has 2 aromatic carbocycles. The van der Waals surface area contributed by atoms with Gasteiger partial charge in [-0.25, -0.2) is 18.3 Å². The number of benzene rings is 2. The van der Waals surface area contributed by atoms with Crippen LogP contribution in [0.1, 0.15) is 32.0 Å². The fourth-order valence-corrected chi connectivity index (χ4v) is 2.65. The summed E-state index contributed by atoms with van der Waals surface area (Å²) in [6.07, 6.45) is 0. The van der Waals surface area contributed by atoms with Gasteiger partial charge in [-0.2, -0.15) is 5.10 Å². The van der Waals surface area contributed by atoms with Gasteiger partial charge in [-0.15, -0.1) is 0 Å². The highest BCUT2D eigenvalue weighted by atomic mass is 19.2. The summed E-state index contributed by atoms with van der Waals surface area (Å²) in [6.45, 7) is 5.88. The molecule has 0 saturated heterocycles. The lowest BCUT2D eigenvalue weighted by Gasteiger charge is -2.14. The van der Waals surface area contributed by atoms with E-state index < -0.39 is 17.7 Å². The standard InChI is InChI=1S/C21H22F2N4O2/c1-21(2,3)17-11-18(27(26-17)14-9-7-13(12-28)8-10-14)25-20(29)24-16-6-4-5-15(22)19(16)23/h4-11,28H,12H2,1-3H3,(H2,24,25,29). The summed E-state index contributed by atoms with van der Waals surface area (Å²) in [7, 11) is 0. The molecule has 1 heterocycles. The summed E-state index contributed by atoms with van der Waals surface area (Å²) in [6, 6.07) is 11.6. The average Bonchev–Trinajstić information content (AvgIpc) is 3.09. The molecule has 0 saturated carbocycles. The lowest BCUT2D eigenvalue weighted by molar-refractivity contribution is 0.262. The number of anilines is 2. The number of nitrogens with one attached hydrogen (secondary N) is 2. The van der Waals surface area contributed by atoms with E-state index >= 15 is 0 Å². The maximum Gasteiger partial charge on any atom is 0.324 e. The van der Waals surface area contributed by atoms with Crippen molar-refractivity contribution in [2.24, 2.45) is 0 Å². The number of aliphatic hydroxyl groups is 1. The van der Waals surface area contributed by atoms with Gasteiger partial charge < -0.3 is 10.4 Å². The SMILES string of the molecule is CC(C)(C)c1cc(NC(=O)Nc2cccc(F)c2F)n(-c2ccc(CO)cc2)n1. The van der Waals surface area contributed by atoms with Gasteiger partial charge in [0.05, 0.1) is 23.7 Å². The molecule has 0 bridgehead atoms. The van der Waals surface area contributed by atoms with Crippen molar-refractivity contribution in [3.05, 3.63) is 71.4 Å². The number of hydrogen-bond acceptors (Lipinski definition) is 3. The highest BCUT2D eigenvalue weighted by Crippen LogP contribution is 2.27. The van der Waals surface area contributed by atoms with Gasteiger partial charge in [0.1, 0.15) is 5.82 Å².